The zero-order valence-corrected chi connectivity index (χ0v) is 14.8. The van der Waals surface area contributed by atoms with Crippen LogP contribution in [0.2, 0.25) is 0 Å². The first-order valence-electron chi connectivity index (χ1n) is 7.80. The van der Waals surface area contributed by atoms with Crippen LogP contribution in [-0.4, -0.2) is 26.2 Å². The second kappa shape index (κ2) is 7.79. The summed E-state index contributed by atoms with van der Waals surface area (Å²) in [6.07, 6.45) is 1.63. The SMILES string of the molecule is COc1ccc(S(=O)(=O)N/N=C(\c2ccccc2)c2ccccn2)cc1. The van der Waals surface area contributed by atoms with Crippen molar-refractivity contribution < 1.29 is 13.2 Å². The lowest BCUT2D eigenvalue weighted by atomic mass is 10.1. The second-order valence-electron chi connectivity index (χ2n) is 5.31. The fourth-order valence-electron chi connectivity index (χ4n) is 2.28. The minimum absolute atomic E-state index is 0.0930. The van der Waals surface area contributed by atoms with Crippen molar-refractivity contribution in [3.05, 3.63) is 90.3 Å². The molecule has 26 heavy (non-hydrogen) atoms. The van der Waals surface area contributed by atoms with E-state index in [1.807, 2.05) is 36.4 Å². The topological polar surface area (TPSA) is 80.7 Å². The third-order valence-electron chi connectivity index (χ3n) is 3.60. The number of hydrazone groups is 1. The predicted molar refractivity (Wildman–Crippen MR) is 99.6 cm³/mol. The van der Waals surface area contributed by atoms with E-state index in [9.17, 15) is 8.42 Å². The zero-order valence-electron chi connectivity index (χ0n) is 14.0. The van der Waals surface area contributed by atoms with Crippen molar-refractivity contribution in [1.82, 2.24) is 9.82 Å². The van der Waals surface area contributed by atoms with Gasteiger partial charge in [-0.1, -0.05) is 36.4 Å². The number of pyridine rings is 1. The van der Waals surface area contributed by atoms with E-state index < -0.39 is 10.0 Å². The molecule has 7 heteroatoms. The molecule has 0 aliphatic heterocycles. The number of rotatable bonds is 6. The number of hydrogen-bond donors (Lipinski definition) is 1. The van der Waals surface area contributed by atoms with Gasteiger partial charge in [0.15, 0.2) is 0 Å². The highest BCUT2D eigenvalue weighted by molar-refractivity contribution is 7.89. The number of methoxy groups -OCH3 is 1. The third kappa shape index (κ3) is 4.07. The maximum Gasteiger partial charge on any atom is 0.276 e. The molecule has 3 aromatic rings. The fourth-order valence-corrected chi connectivity index (χ4v) is 3.09. The Bertz CT molecular complexity index is 946. The van der Waals surface area contributed by atoms with E-state index in [0.717, 1.165) is 5.56 Å². The first-order valence-corrected chi connectivity index (χ1v) is 9.29. The third-order valence-corrected chi connectivity index (χ3v) is 4.83. The summed E-state index contributed by atoms with van der Waals surface area (Å²) < 4.78 is 30.1. The van der Waals surface area contributed by atoms with Crippen molar-refractivity contribution in [2.45, 2.75) is 4.90 Å². The highest BCUT2D eigenvalue weighted by Gasteiger charge is 2.15. The summed E-state index contributed by atoms with van der Waals surface area (Å²) in [5.41, 5.74) is 1.75. The maximum absolute atomic E-state index is 12.5. The van der Waals surface area contributed by atoms with Gasteiger partial charge >= 0.3 is 0 Å². The van der Waals surface area contributed by atoms with Crippen molar-refractivity contribution in [3.63, 3.8) is 0 Å². The van der Waals surface area contributed by atoms with Crippen LogP contribution in [0.15, 0.2) is 89.0 Å². The maximum atomic E-state index is 12.5. The zero-order chi connectivity index (χ0) is 18.4. The Morgan fingerprint density at radius 2 is 1.65 bits per heavy atom. The van der Waals surface area contributed by atoms with E-state index in [1.54, 1.807) is 30.5 Å². The van der Waals surface area contributed by atoms with Crippen LogP contribution < -0.4 is 9.57 Å². The Morgan fingerprint density at radius 1 is 0.962 bits per heavy atom. The van der Waals surface area contributed by atoms with Crippen LogP contribution in [0.5, 0.6) is 5.75 Å². The second-order valence-corrected chi connectivity index (χ2v) is 6.97. The number of hydrogen-bond acceptors (Lipinski definition) is 5. The predicted octanol–water partition coefficient (Wildman–Crippen LogP) is 2.82. The van der Waals surface area contributed by atoms with E-state index in [1.165, 1.54) is 19.2 Å². The standard InChI is InChI=1S/C19H17N3O3S/c1-25-16-10-12-17(13-11-16)26(23,24)22-21-19(15-7-3-2-4-8-15)18-9-5-6-14-20-18/h2-14,22H,1H3/b21-19+. The molecule has 0 aliphatic carbocycles. The lowest BCUT2D eigenvalue weighted by Gasteiger charge is -2.09. The number of nitrogens with one attached hydrogen (secondary N) is 1. The van der Waals surface area contributed by atoms with E-state index in [0.29, 0.717) is 17.2 Å². The summed E-state index contributed by atoms with van der Waals surface area (Å²) in [5, 5.41) is 4.14. The van der Waals surface area contributed by atoms with Crippen LogP contribution in [0, 0.1) is 0 Å². The Morgan fingerprint density at radius 3 is 2.27 bits per heavy atom. The average Bonchev–Trinajstić information content (AvgIpc) is 2.70. The molecule has 6 nitrogen and oxygen atoms in total. The van der Waals surface area contributed by atoms with Crippen LogP contribution in [-0.2, 0) is 10.0 Å². The number of ether oxygens (including phenoxy) is 1. The first kappa shape index (κ1) is 17.6. The summed E-state index contributed by atoms with van der Waals surface area (Å²) in [4.78, 5) is 6.65. The molecule has 1 heterocycles. The molecule has 132 valence electrons. The smallest absolute Gasteiger partial charge is 0.276 e. The Labute approximate surface area is 152 Å². The lowest BCUT2D eigenvalue weighted by molar-refractivity contribution is 0.414. The van der Waals surface area contributed by atoms with Gasteiger partial charge in [-0.3, -0.25) is 4.98 Å². The number of benzene rings is 2. The van der Waals surface area contributed by atoms with E-state index in [2.05, 4.69) is 14.9 Å². The summed E-state index contributed by atoms with van der Waals surface area (Å²) in [6.45, 7) is 0. The fraction of sp³-hybridized carbons (Fsp3) is 0.0526. The van der Waals surface area contributed by atoms with Crippen molar-refractivity contribution >= 4 is 15.7 Å². The minimum atomic E-state index is -3.82. The molecule has 0 saturated carbocycles. The molecular weight excluding hydrogens is 350 g/mol. The van der Waals surface area contributed by atoms with Crippen molar-refractivity contribution in [1.29, 1.82) is 0 Å². The summed E-state index contributed by atoms with van der Waals surface area (Å²) in [5.74, 6) is 0.575. The van der Waals surface area contributed by atoms with Gasteiger partial charge in [-0.05, 0) is 36.4 Å². The molecule has 2 aromatic carbocycles. The normalized spacial score (nSPS) is 11.8. The van der Waals surface area contributed by atoms with E-state index in [4.69, 9.17) is 4.74 Å². The van der Waals surface area contributed by atoms with Gasteiger partial charge in [0.25, 0.3) is 10.0 Å². The monoisotopic (exact) mass is 367 g/mol. The van der Waals surface area contributed by atoms with Crippen LogP contribution in [0.3, 0.4) is 0 Å². The molecule has 0 fully saturated rings. The summed E-state index contributed by atoms with van der Waals surface area (Å²) in [7, 11) is -2.30. The van der Waals surface area contributed by atoms with E-state index in [-0.39, 0.29) is 4.90 Å². The number of sulfonamides is 1. The van der Waals surface area contributed by atoms with Crippen LogP contribution >= 0.6 is 0 Å². The van der Waals surface area contributed by atoms with Crippen molar-refractivity contribution in [2.24, 2.45) is 5.10 Å². The Hall–Kier alpha value is -3.19. The molecule has 1 N–H and O–H groups in total. The first-order chi connectivity index (χ1) is 12.6. The number of aromatic nitrogens is 1. The molecular formula is C19H17N3O3S. The van der Waals surface area contributed by atoms with Crippen LogP contribution in [0.1, 0.15) is 11.3 Å². The molecule has 0 saturated heterocycles. The molecule has 0 atom stereocenters. The van der Waals surface area contributed by atoms with E-state index >= 15 is 0 Å². The lowest BCUT2D eigenvalue weighted by Crippen LogP contribution is -2.21. The van der Waals surface area contributed by atoms with Crippen molar-refractivity contribution in [3.8, 4) is 5.75 Å². The van der Waals surface area contributed by atoms with Crippen LogP contribution in [0.4, 0.5) is 0 Å². The molecule has 0 aliphatic rings. The van der Waals surface area contributed by atoms with Gasteiger partial charge in [0, 0.05) is 11.8 Å². The Kier molecular flexibility index (Phi) is 5.28. The molecule has 0 radical (unpaired) electrons. The summed E-state index contributed by atoms with van der Waals surface area (Å²) in [6, 6.07) is 20.7. The van der Waals surface area contributed by atoms with Gasteiger partial charge in [-0.15, -0.1) is 0 Å². The summed E-state index contributed by atoms with van der Waals surface area (Å²) >= 11 is 0. The molecule has 0 unspecified atom stereocenters. The van der Waals surface area contributed by atoms with Gasteiger partial charge in [0.1, 0.15) is 11.5 Å². The molecule has 1 aromatic heterocycles. The highest BCUT2D eigenvalue weighted by atomic mass is 32.2. The quantitative estimate of drug-likeness (QED) is 0.537. The largest absolute Gasteiger partial charge is 0.497 e. The molecule has 3 rings (SSSR count). The molecule has 0 amide bonds. The molecule has 0 bridgehead atoms. The highest BCUT2D eigenvalue weighted by Crippen LogP contribution is 2.16. The van der Waals surface area contributed by atoms with Crippen LogP contribution in [0.25, 0.3) is 0 Å². The van der Waals surface area contributed by atoms with Gasteiger partial charge in [-0.2, -0.15) is 18.4 Å². The van der Waals surface area contributed by atoms with Gasteiger partial charge < -0.3 is 4.74 Å². The van der Waals surface area contributed by atoms with Crippen molar-refractivity contribution in [2.75, 3.05) is 7.11 Å². The Balaban J connectivity index is 1.95. The molecule has 0 spiro atoms. The van der Waals surface area contributed by atoms with Gasteiger partial charge in [-0.25, -0.2) is 0 Å². The minimum Gasteiger partial charge on any atom is -0.497 e. The van der Waals surface area contributed by atoms with Gasteiger partial charge in [0.05, 0.1) is 17.7 Å². The average molecular weight is 367 g/mol. The van der Waals surface area contributed by atoms with Gasteiger partial charge in [0.2, 0.25) is 0 Å². The number of nitrogens with zero attached hydrogens (tertiary/aromatic N) is 2.